The first-order chi connectivity index (χ1) is 14.8. The Morgan fingerprint density at radius 1 is 1.23 bits per heavy atom. The van der Waals surface area contributed by atoms with Gasteiger partial charge in [-0.25, -0.2) is 4.79 Å². The van der Waals surface area contributed by atoms with E-state index in [1.807, 2.05) is 19.1 Å². The van der Waals surface area contributed by atoms with Crippen molar-refractivity contribution in [1.29, 1.82) is 0 Å². The first-order valence-corrected chi connectivity index (χ1v) is 9.91. The number of aryl methyl sites for hydroxylation is 1. The lowest BCUT2D eigenvalue weighted by atomic mass is 10.1. The fraction of sp³-hybridized carbons (Fsp3) is 0.227. The Hall–Kier alpha value is -3.52. The molecule has 2 aromatic carbocycles. The number of carbonyl (C=O) groups is 3. The van der Waals surface area contributed by atoms with Crippen LogP contribution in [0.5, 0.6) is 11.5 Å². The maximum atomic E-state index is 12.2. The molecule has 0 bridgehead atoms. The van der Waals surface area contributed by atoms with E-state index in [0.717, 1.165) is 10.5 Å². The quantitative estimate of drug-likeness (QED) is 0.503. The molecule has 1 aliphatic heterocycles. The maximum absolute atomic E-state index is 12.2. The van der Waals surface area contributed by atoms with Crippen LogP contribution in [0, 0.1) is 6.92 Å². The second kappa shape index (κ2) is 9.53. The molecule has 1 heterocycles. The van der Waals surface area contributed by atoms with Crippen molar-refractivity contribution in [3.8, 4) is 11.5 Å². The molecule has 0 saturated carbocycles. The van der Waals surface area contributed by atoms with E-state index >= 15 is 0 Å². The van der Waals surface area contributed by atoms with E-state index in [4.69, 9.17) is 21.1 Å². The molecule has 9 heteroatoms. The number of anilines is 1. The summed E-state index contributed by atoms with van der Waals surface area (Å²) in [5, 5.41) is 5.45. The zero-order chi connectivity index (χ0) is 22.5. The number of carbonyl (C=O) groups excluding carboxylic acids is 3. The SMILES string of the molecule is CCN1C(=O)N/C(=C/c2cc(Cl)c(OCC(=O)Nc3ccc(C)cc3)c(OC)c2)C1=O. The fourth-order valence-electron chi connectivity index (χ4n) is 2.96. The number of halogens is 1. The minimum Gasteiger partial charge on any atom is -0.493 e. The number of rotatable bonds is 7. The summed E-state index contributed by atoms with van der Waals surface area (Å²) in [6.07, 6.45) is 1.50. The highest BCUT2D eigenvalue weighted by Crippen LogP contribution is 2.37. The van der Waals surface area contributed by atoms with Crippen LogP contribution in [0.15, 0.2) is 42.1 Å². The summed E-state index contributed by atoms with van der Waals surface area (Å²) in [6, 6.07) is 10.1. The number of hydrogen-bond donors (Lipinski definition) is 2. The van der Waals surface area contributed by atoms with Gasteiger partial charge in [-0.05, 0) is 49.8 Å². The molecule has 1 saturated heterocycles. The molecular weight excluding hydrogens is 422 g/mol. The Bertz CT molecular complexity index is 1050. The van der Waals surface area contributed by atoms with Crippen LogP contribution in [0.3, 0.4) is 0 Å². The maximum Gasteiger partial charge on any atom is 0.328 e. The molecule has 0 radical (unpaired) electrons. The first kappa shape index (κ1) is 22.2. The summed E-state index contributed by atoms with van der Waals surface area (Å²) in [7, 11) is 1.43. The number of urea groups is 1. The monoisotopic (exact) mass is 443 g/mol. The topological polar surface area (TPSA) is 97.0 Å². The molecule has 0 atom stereocenters. The highest BCUT2D eigenvalue weighted by atomic mass is 35.5. The van der Waals surface area contributed by atoms with Crippen molar-refractivity contribution < 1.29 is 23.9 Å². The number of imide groups is 1. The third-order valence-corrected chi connectivity index (χ3v) is 4.80. The van der Waals surface area contributed by atoms with Crippen molar-refractivity contribution in [2.24, 2.45) is 0 Å². The van der Waals surface area contributed by atoms with Crippen LogP contribution in [-0.2, 0) is 9.59 Å². The highest BCUT2D eigenvalue weighted by Gasteiger charge is 2.32. The van der Waals surface area contributed by atoms with E-state index in [0.29, 0.717) is 11.3 Å². The molecule has 162 valence electrons. The van der Waals surface area contributed by atoms with Gasteiger partial charge in [-0.15, -0.1) is 0 Å². The van der Waals surface area contributed by atoms with Crippen LogP contribution in [0.4, 0.5) is 10.5 Å². The Labute approximate surface area is 184 Å². The normalized spacial score (nSPS) is 14.6. The molecule has 2 N–H and O–H groups in total. The van der Waals surface area contributed by atoms with Crippen LogP contribution < -0.4 is 20.1 Å². The largest absolute Gasteiger partial charge is 0.493 e. The van der Waals surface area contributed by atoms with Gasteiger partial charge in [-0.2, -0.15) is 0 Å². The summed E-state index contributed by atoms with van der Waals surface area (Å²) >= 11 is 6.33. The van der Waals surface area contributed by atoms with Crippen LogP contribution in [0.25, 0.3) is 6.08 Å². The van der Waals surface area contributed by atoms with Crippen molar-refractivity contribution in [1.82, 2.24) is 10.2 Å². The van der Waals surface area contributed by atoms with Crippen molar-refractivity contribution in [2.45, 2.75) is 13.8 Å². The van der Waals surface area contributed by atoms with Crippen molar-refractivity contribution in [3.05, 3.63) is 58.2 Å². The Morgan fingerprint density at radius 3 is 2.55 bits per heavy atom. The number of methoxy groups -OCH3 is 1. The van der Waals surface area contributed by atoms with Gasteiger partial charge in [0.1, 0.15) is 5.70 Å². The van der Waals surface area contributed by atoms with Crippen LogP contribution >= 0.6 is 11.6 Å². The molecule has 0 spiro atoms. The lowest BCUT2D eigenvalue weighted by Gasteiger charge is -2.13. The van der Waals surface area contributed by atoms with Crippen molar-refractivity contribution >= 4 is 41.2 Å². The summed E-state index contributed by atoms with van der Waals surface area (Å²) in [6.45, 7) is 3.66. The summed E-state index contributed by atoms with van der Waals surface area (Å²) in [5.41, 5.74) is 2.40. The standard InChI is InChI=1S/C22H22ClN3O5/c1-4-26-21(28)17(25-22(26)29)10-14-9-16(23)20(18(11-14)30-3)31-12-19(27)24-15-7-5-13(2)6-8-15/h5-11H,4,12H2,1-3H3,(H,24,27)(H,25,29)/b17-10+. The number of likely N-dealkylation sites (N-methyl/N-ethyl adjacent to an activating group) is 1. The van der Waals surface area contributed by atoms with Gasteiger partial charge in [0.25, 0.3) is 11.8 Å². The van der Waals surface area contributed by atoms with Gasteiger partial charge < -0.3 is 20.1 Å². The minimum absolute atomic E-state index is 0.135. The molecule has 0 unspecified atom stereocenters. The Balaban J connectivity index is 1.73. The van der Waals surface area contributed by atoms with Crippen molar-refractivity contribution in [3.63, 3.8) is 0 Å². The van der Waals surface area contributed by atoms with E-state index in [9.17, 15) is 14.4 Å². The van der Waals surface area contributed by atoms with Crippen LogP contribution in [0.2, 0.25) is 5.02 Å². The third kappa shape index (κ3) is 5.16. The van der Waals surface area contributed by atoms with Gasteiger partial charge >= 0.3 is 6.03 Å². The molecule has 3 rings (SSSR count). The van der Waals surface area contributed by atoms with E-state index in [2.05, 4.69) is 10.6 Å². The molecule has 8 nitrogen and oxygen atoms in total. The number of amides is 4. The minimum atomic E-state index is -0.476. The smallest absolute Gasteiger partial charge is 0.328 e. The average molecular weight is 444 g/mol. The second-order valence-corrected chi connectivity index (χ2v) is 7.18. The lowest BCUT2D eigenvalue weighted by molar-refractivity contribution is -0.122. The molecule has 1 aliphatic rings. The number of ether oxygens (including phenoxy) is 2. The first-order valence-electron chi connectivity index (χ1n) is 9.53. The zero-order valence-electron chi connectivity index (χ0n) is 17.3. The second-order valence-electron chi connectivity index (χ2n) is 6.77. The van der Waals surface area contributed by atoms with E-state index in [1.54, 1.807) is 31.2 Å². The van der Waals surface area contributed by atoms with E-state index < -0.39 is 11.9 Å². The molecule has 0 aromatic heterocycles. The molecule has 31 heavy (non-hydrogen) atoms. The predicted molar refractivity (Wildman–Crippen MR) is 117 cm³/mol. The summed E-state index contributed by atoms with van der Waals surface area (Å²) < 4.78 is 10.9. The Morgan fingerprint density at radius 2 is 1.94 bits per heavy atom. The molecular formula is C22H22ClN3O5. The zero-order valence-corrected chi connectivity index (χ0v) is 18.1. The molecule has 0 aliphatic carbocycles. The molecule has 2 aromatic rings. The van der Waals surface area contributed by atoms with Gasteiger partial charge in [0.05, 0.1) is 12.1 Å². The predicted octanol–water partition coefficient (Wildman–Crippen LogP) is 3.59. The van der Waals surface area contributed by atoms with Gasteiger partial charge in [-0.3, -0.25) is 14.5 Å². The summed E-state index contributed by atoms with van der Waals surface area (Å²) in [5.74, 6) is -0.295. The lowest BCUT2D eigenvalue weighted by Crippen LogP contribution is -2.30. The fourth-order valence-corrected chi connectivity index (χ4v) is 3.23. The highest BCUT2D eigenvalue weighted by molar-refractivity contribution is 6.32. The average Bonchev–Trinajstić information content (AvgIpc) is 3.00. The number of benzene rings is 2. The van der Waals surface area contributed by atoms with Crippen molar-refractivity contribution in [2.75, 3.05) is 25.6 Å². The number of nitrogens with zero attached hydrogens (tertiary/aromatic N) is 1. The van der Waals surface area contributed by atoms with E-state index in [1.165, 1.54) is 13.2 Å². The molecule has 4 amide bonds. The molecule has 1 fully saturated rings. The van der Waals surface area contributed by atoms with Gasteiger partial charge in [-0.1, -0.05) is 29.3 Å². The summed E-state index contributed by atoms with van der Waals surface area (Å²) in [4.78, 5) is 37.3. The van der Waals surface area contributed by atoms with E-state index in [-0.39, 0.29) is 41.3 Å². The Kier molecular flexibility index (Phi) is 6.81. The third-order valence-electron chi connectivity index (χ3n) is 4.52. The van der Waals surface area contributed by atoms with Gasteiger partial charge in [0, 0.05) is 12.2 Å². The number of nitrogens with one attached hydrogen (secondary N) is 2. The van der Waals surface area contributed by atoms with Crippen LogP contribution in [0.1, 0.15) is 18.1 Å². The number of hydrogen-bond acceptors (Lipinski definition) is 5. The van der Waals surface area contributed by atoms with Gasteiger partial charge in [0.2, 0.25) is 0 Å². The van der Waals surface area contributed by atoms with Crippen LogP contribution in [-0.4, -0.2) is 43.0 Å². The van der Waals surface area contributed by atoms with Gasteiger partial charge in [0.15, 0.2) is 18.1 Å².